The molecule has 4 nitrogen and oxygen atoms in total. The number of rotatable bonds is 3. The van der Waals surface area contributed by atoms with Crippen molar-refractivity contribution in [2.45, 2.75) is 44.1 Å². The first kappa shape index (κ1) is 33.2. The number of nitrogens with zero attached hydrogens (tertiary/aromatic N) is 2. The van der Waals surface area contributed by atoms with Gasteiger partial charge in [0.05, 0.1) is 19.8 Å². The minimum Gasteiger partial charge on any atom is -0.472 e. The lowest BCUT2D eigenvalue weighted by Gasteiger charge is -2.39. The summed E-state index contributed by atoms with van der Waals surface area (Å²) in [4.78, 5) is 6.22. The van der Waals surface area contributed by atoms with E-state index in [0.29, 0.717) is 5.69 Å². The monoisotopic (exact) mass is 726 g/mol. The van der Waals surface area contributed by atoms with Crippen LogP contribution < -0.4 is 9.64 Å². The highest BCUT2D eigenvalue weighted by Crippen LogP contribution is 2.59. The van der Waals surface area contributed by atoms with Gasteiger partial charge in [-0.05, 0) is 97.1 Å². The molecule has 7 aromatic rings. The molecule has 2 aliphatic carbocycles. The highest BCUT2D eigenvalue weighted by molar-refractivity contribution is 6.08. The van der Waals surface area contributed by atoms with E-state index in [4.69, 9.17) is 16.0 Å². The van der Waals surface area contributed by atoms with E-state index in [1.54, 1.807) is 0 Å². The summed E-state index contributed by atoms with van der Waals surface area (Å²) in [5.41, 5.74) is 13.9. The Kier molecular flexibility index (Phi) is 6.93. The molecule has 1 saturated heterocycles. The maximum absolute atomic E-state index is 7.79. The van der Waals surface area contributed by atoms with Gasteiger partial charge in [0.15, 0.2) is 11.3 Å². The third-order valence-electron chi connectivity index (χ3n) is 13.3. The van der Waals surface area contributed by atoms with Crippen LogP contribution in [0.25, 0.3) is 54.7 Å². The fourth-order valence-corrected chi connectivity index (χ4v) is 10.4. The molecular formula is C52H42N2O2. The van der Waals surface area contributed by atoms with E-state index in [-0.39, 0.29) is 10.8 Å². The number of fused-ring (bicyclic) bond motifs is 12. The van der Waals surface area contributed by atoms with Gasteiger partial charge in [0.1, 0.15) is 5.75 Å². The summed E-state index contributed by atoms with van der Waals surface area (Å²) in [6.07, 6.45) is 4.64. The molecule has 2 heterocycles. The second kappa shape index (κ2) is 11.7. The van der Waals surface area contributed by atoms with Gasteiger partial charge in [0.25, 0.3) is 0 Å². The Morgan fingerprint density at radius 3 is 2.05 bits per heavy atom. The van der Waals surface area contributed by atoms with E-state index in [1.165, 1.54) is 66.4 Å². The Morgan fingerprint density at radius 1 is 0.625 bits per heavy atom. The molecule has 0 amide bonds. The fraction of sp³-hybridized carbons (Fsp3) is 0.212. The van der Waals surface area contributed by atoms with Gasteiger partial charge in [0.2, 0.25) is 0 Å². The van der Waals surface area contributed by atoms with Crippen molar-refractivity contribution in [3.05, 3.63) is 178 Å². The number of morpholine rings is 1. The average Bonchev–Trinajstić information content (AvgIpc) is 3.61. The lowest BCUT2D eigenvalue weighted by Crippen LogP contribution is -2.37. The van der Waals surface area contributed by atoms with Crippen LogP contribution in [0.15, 0.2) is 127 Å². The van der Waals surface area contributed by atoms with E-state index in [1.807, 2.05) is 6.07 Å². The summed E-state index contributed by atoms with van der Waals surface area (Å²) in [7, 11) is 0. The molecule has 4 heteroatoms. The second-order valence-corrected chi connectivity index (χ2v) is 17.0. The van der Waals surface area contributed by atoms with Gasteiger partial charge in [-0.2, -0.15) is 0 Å². The molecule has 1 fully saturated rings. The van der Waals surface area contributed by atoms with Crippen molar-refractivity contribution in [2.75, 3.05) is 31.2 Å². The predicted octanol–water partition coefficient (Wildman–Crippen LogP) is 12.3. The smallest absolute Gasteiger partial charge is 0.187 e. The average molecular weight is 727 g/mol. The summed E-state index contributed by atoms with van der Waals surface area (Å²) in [6.45, 7) is 20.4. The summed E-state index contributed by atoms with van der Waals surface area (Å²) in [6, 6.07) is 44.5. The molecule has 7 aromatic carbocycles. The molecule has 56 heavy (non-hydrogen) atoms. The van der Waals surface area contributed by atoms with Crippen molar-refractivity contribution in [1.29, 1.82) is 0 Å². The molecule has 0 aromatic heterocycles. The summed E-state index contributed by atoms with van der Waals surface area (Å²) >= 11 is 0. The molecule has 272 valence electrons. The first-order valence-electron chi connectivity index (χ1n) is 19.8. The zero-order valence-corrected chi connectivity index (χ0v) is 32.2. The molecule has 0 N–H and O–H groups in total. The van der Waals surface area contributed by atoms with Crippen LogP contribution >= 0.6 is 0 Å². The predicted molar refractivity (Wildman–Crippen MR) is 229 cm³/mol. The number of hydrogen-bond donors (Lipinski definition) is 0. The molecular weight excluding hydrogens is 685 g/mol. The standard InChI is InChI=1S/C52H42N2O2/c1-50(2)44-29-33-11-7-6-10-32(33)28-43(44)38-20-16-35(30-45(38)50)52(34-14-18-37(19-15-34)54-24-26-55-27-25-54)23-22-42-48-47(39-12-8-9-13-40(39)49(42)56-52)41-21-17-36(53-5)31-46(41)51(48,3)4/h6-23,28-31H,24-27H2,1-4H3. The highest BCUT2D eigenvalue weighted by atomic mass is 16.5. The molecule has 0 radical (unpaired) electrons. The summed E-state index contributed by atoms with van der Waals surface area (Å²) in [5, 5.41) is 4.81. The lowest BCUT2D eigenvalue weighted by molar-refractivity contribution is 0.122. The number of ether oxygens (including phenoxy) is 2. The van der Waals surface area contributed by atoms with Crippen LogP contribution in [0.4, 0.5) is 11.4 Å². The van der Waals surface area contributed by atoms with E-state index in [9.17, 15) is 0 Å². The van der Waals surface area contributed by atoms with Crippen LogP contribution in [-0.2, 0) is 21.2 Å². The quantitative estimate of drug-likeness (QED) is 0.170. The minimum absolute atomic E-state index is 0.199. The molecule has 2 aliphatic heterocycles. The van der Waals surface area contributed by atoms with E-state index in [2.05, 4.69) is 165 Å². The van der Waals surface area contributed by atoms with Gasteiger partial charge in [0, 0.05) is 51.7 Å². The Bertz CT molecular complexity index is 2890. The van der Waals surface area contributed by atoms with Gasteiger partial charge in [-0.1, -0.05) is 125 Å². The van der Waals surface area contributed by atoms with Gasteiger partial charge < -0.3 is 14.4 Å². The number of anilines is 1. The maximum atomic E-state index is 7.79. The van der Waals surface area contributed by atoms with Crippen LogP contribution in [0.2, 0.25) is 0 Å². The van der Waals surface area contributed by atoms with Crippen LogP contribution in [0, 0.1) is 6.57 Å². The molecule has 11 rings (SSSR count). The maximum Gasteiger partial charge on any atom is 0.187 e. The van der Waals surface area contributed by atoms with Crippen LogP contribution in [0.1, 0.15) is 66.6 Å². The zero-order chi connectivity index (χ0) is 38.0. The number of benzene rings is 7. The molecule has 0 spiro atoms. The van der Waals surface area contributed by atoms with Crippen molar-refractivity contribution in [3.63, 3.8) is 0 Å². The summed E-state index contributed by atoms with van der Waals surface area (Å²) in [5.74, 6) is 0.902. The van der Waals surface area contributed by atoms with Gasteiger partial charge >= 0.3 is 0 Å². The van der Waals surface area contributed by atoms with Gasteiger partial charge in [-0.25, -0.2) is 4.85 Å². The Labute approximate surface area is 328 Å². The Hall–Kier alpha value is -6.15. The van der Waals surface area contributed by atoms with Crippen LogP contribution in [0.3, 0.4) is 0 Å². The normalized spacial score (nSPS) is 19.4. The van der Waals surface area contributed by atoms with Crippen molar-refractivity contribution in [2.24, 2.45) is 0 Å². The topological polar surface area (TPSA) is 26.1 Å². The van der Waals surface area contributed by atoms with E-state index >= 15 is 0 Å². The zero-order valence-electron chi connectivity index (χ0n) is 32.2. The molecule has 1 unspecified atom stereocenters. The third kappa shape index (κ3) is 4.50. The Morgan fingerprint density at radius 2 is 1.29 bits per heavy atom. The van der Waals surface area contributed by atoms with E-state index < -0.39 is 5.60 Å². The Balaban J connectivity index is 1.13. The fourth-order valence-electron chi connectivity index (χ4n) is 10.4. The third-order valence-corrected chi connectivity index (χ3v) is 13.3. The van der Waals surface area contributed by atoms with E-state index in [0.717, 1.165) is 54.1 Å². The molecule has 4 aliphatic rings. The summed E-state index contributed by atoms with van der Waals surface area (Å²) < 4.78 is 13.4. The van der Waals surface area contributed by atoms with Crippen molar-refractivity contribution < 1.29 is 9.47 Å². The highest BCUT2D eigenvalue weighted by Gasteiger charge is 2.45. The molecule has 0 bridgehead atoms. The second-order valence-electron chi connectivity index (χ2n) is 17.0. The first-order valence-corrected chi connectivity index (χ1v) is 19.8. The molecule has 1 atom stereocenters. The SMILES string of the molecule is [C-]#[N+]c1ccc2c(c1)C(C)(C)c1c3c(c4ccccc4c1-2)OC(c1ccc(N2CCOCC2)cc1)(c1ccc2c(c1)C(C)(C)c1cc4ccccc4cc1-2)C=C3. The van der Waals surface area contributed by atoms with Crippen molar-refractivity contribution in [1.82, 2.24) is 0 Å². The van der Waals surface area contributed by atoms with Crippen LogP contribution in [-0.4, -0.2) is 26.3 Å². The lowest BCUT2D eigenvalue weighted by atomic mass is 9.75. The van der Waals surface area contributed by atoms with Crippen molar-refractivity contribution >= 4 is 39.0 Å². The van der Waals surface area contributed by atoms with Crippen molar-refractivity contribution in [3.8, 4) is 28.0 Å². The largest absolute Gasteiger partial charge is 0.472 e. The first-order chi connectivity index (χ1) is 27.2. The van der Waals surface area contributed by atoms with Gasteiger partial charge in [-0.3, -0.25) is 0 Å². The minimum atomic E-state index is -0.898. The number of hydrogen-bond acceptors (Lipinski definition) is 3. The van der Waals surface area contributed by atoms with Gasteiger partial charge in [-0.15, -0.1) is 0 Å². The molecule has 0 saturated carbocycles. The van der Waals surface area contributed by atoms with Crippen LogP contribution in [0.5, 0.6) is 5.75 Å².